The summed E-state index contributed by atoms with van der Waals surface area (Å²) < 4.78 is 0. The van der Waals surface area contributed by atoms with E-state index in [1.165, 1.54) is 16.2 Å². The van der Waals surface area contributed by atoms with Gasteiger partial charge in [0.05, 0.1) is 10.6 Å². The van der Waals surface area contributed by atoms with E-state index >= 15 is 0 Å². The molecule has 0 saturated carbocycles. The SMILES string of the molecule is CCCNCc1csc(-c2ccc(C)s2)n1. The molecule has 0 aliphatic carbocycles. The molecule has 0 aromatic carbocycles. The molecule has 2 heterocycles. The number of aromatic nitrogens is 1. The van der Waals surface area contributed by atoms with Gasteiger partial charge < -0.3 is 5.32 Å². The van der Waals surface area contributed by atoms with Gasteiger partial charge in [0, 0.05) is 16.8 Å². The smallest absolute Gasteiger partial charge is 0.133 e. The Labute approximate surface area is 104 Å². The molecule has 1 N–H and O–H groups in total. The Hall–Kier alpha value is -0.710. The Balaban J connectivity index is 2.02. The van der Waals surface area contributed by atoms with Crippen molar-refractivity contribution in [1.29, 1.82) is 0 Å². The first-order chi connectivity index (χ1) is 7.79. The molecule has 2 aromatic rings. The van der Waals surface area contributed by atoms with Crippen LogP contribution < -0.4 is 5.32 Å². The van der Waals surface area contributed by atoms with Crippen molar-refractivity contribution in [3.05, 3.63) is 28.1 Å². The van der Waals surface area contributed by atoms with Gasteiger partial charge >= 0.3 is 0 Å². The Morgan fingerprint density at radius 3 is 2.94 bits per heavy atom. The number of hydrogen-bond acceptors (Lipinski definition) is 4. The first kappa shape index (κ1) is 11.8. The highest BCUT2D eigenvalue weighted by Gasteiger charge is 2.06. The number of hydrogen-bond donors (Lipinski definition) is 1. The zero-order chi connectivity index (χ0) is 11.4. The van der Waals surface area contributed by atoms with Gasteiger partial charge in [-0.15, -0.1) is 22.7 Å². The molecule has 2 rings (SSSR count). The summed E-state index contributed by atoms with van der Waals surface area (Å²) in [4.78, 5) is 7.26. The zero-order valence-corrected chi connectivity index (χ0v) is 11.3. The van der Waals surface area contributed by atoms with E-state index in [0.29, 0.717) is 0 Å². The largest absolute Gasteiger partial charge is 0.311 e. The van der Waals surface area contributed by atoms with E-state index in [4.69, 9.17) is 0 Å². The lowest BCUT2D eigenvalue weighted by Gasteiger charge is -1.97. The van der Waals surface area contributed by atoms with Crippen molar-refractivity contribution in [2.24, 2.45) is 0 Å². The van der Waals surface area contributed by atoms with Gasteiger partial charge in [-0.25, -0.2) is 4.98 Å². The van der Waals surface area contributed by atoms with Gasteiger partial charge in [-0.05, 0) is 32.0 Å². The van der Waals surface area contributed by atoms with Crippen molar-refractivity contribution in [2.45, 2.75) is 26.8 Å². The van der Waals surface area contributed by atoms with E-state index in [1.807, 2.05) is 11.3 Å². The molecule has 2 nitrogen and oxygen atoms in total. The maximum absolute atomic E-state index is 4.63. The van der Waals surface area contributed by atoms with Crippen molar-refractivity contribution in [3.8, 4) is 9.88 Å². The molecule has 0 saturated heterocycles. The lowest BCUT2D eigenvalue weighted by Crippen LogP contribution is -2.13. The molecule has 4 heteroatoms. The Kier molecular flexibility index (Phi) is 4.09. The van der Waals surface area contributed by atoms with Crippen LogP contribution in [-0.4, -0.2) is 11.5 Å². The molecule has 0 radical (unpaired) electrons. The standard InChI is InChI=1S/C12H16N2S2/c1-3-6-13-7-10-8-15-12(14-10)11-5-4-9(2)16-11/h4-5,8,13H,3,6-7H2,1-2H3. The number of thiazole rings is 1. The third kappa shape index (κ3) is 2.90. The van der Waals surface area contributed by atoms with Gasteiger partial charge in [0.15, 0.2) is 0 Å². The Morgan fingerprint density at radius 1 is 1.38 bits per heavy atom. The second kappa shape index (κ2) is 5.57. The van der Waals surface area contributed by atoms with Crippen LogP contribution in [0.3, 0.4) is 0 Å². The number of nitrogens with zero attached hydrogens (tertiary/aromatic N) is 1. The highest BCUT2D eigenvalue weighted by molar-refractivity contribution is 7.21. The van der Waals surface area contributed by atoms with E-state index in [9.17, 15) is 0 Å². The fourth-order valence-corrected chi connectivity index (χ4v) is 3.20. The average Bonchev–Trinajstić information content (AvgIpc) is 2.87. The van der Waals surface area contributed by atoms with Crippen LogP contribution in [0.5, 0.6) is 0 Å². The quantitative estimate of drug-likeness (QED) is 0.821. The normalized spacial score (nSPS) is 10.9. The van der Waals surface area contributed by atoms with Gasteiger partial charge in [-0.1, -0.05) is 6.92 Å². The van der Waals surface area contributed by atoms with Crippen LogP contribution >= 0.6 is 22.7 Å². The molecule has 0 aliphatic heterocycles. The number of nitrogens with one attached hydrogen (secondary N) is 1. The minimum absolute atomic E-state index is 0.884. The predicted octanol–water partition coefficient (Wildman–Crippen LogP) is 3.68. The molecule has 86 valence electrons. The van der Waals surface area contributed by atoms with Crippen molar-refractivity contribution < 1.29 is 0 Å². The van der Waals surface area contributed by atoms with Crippen LogP contribution in [0.4, 0.5) is 0 Å². The summed E-state index contributed by atoms with van der Waals surface area (Å²) in [5, 5.41) is 6.66. The molecule has 2 aromatic heterocycles. The van der Waals surface area contributed by atoms with Crippen molar-refractivity contribution >= 4 is 22.7 Å². The van der Waals surface area contributed by atoms with Gasteiger partial charge in [0.2, 0.25) is 0 Å². The molecular weight excluding hydrogens is 236 g/mol. The maximum atomic E-state index is 4.63. The third-order valence-corrected chi connectivity index (χ3v) is 4.30. The molecule has 16 heavy (non-hydrogen) atoms. The van der Waals surface area contributed by atoms with Crippen LogP contribution in [-0.2, 0) is 6.54 Å². The highest BCUT2D eigenvalue weighted by atomic mass is 32.1. The maximum Gasteiger partial charge on any atom is 0.133 e. The van der Waals surface area contributed by atoms with Crippen molar-refractivity contribution in [2.75, 3.05) is 6.54 Å². The third-order valence-electron chi connectivity index (χ3n) is 2.24. The predicted molar refractivity (Wildman–Crippen MR) is 72.2 cm³/mol. The molecule has 0 unspecified atom stereocenters. The Bertz CT molecular complexity index is 445. The zero-order valence-electron chi connectivity index (χ0n) is 9.62. The fourth-order valence-electron chi connectivity index (χ4n) is 1.44. The topological polar surface area (TPSA) is 24.9 Å². The van der Waals surface area contributed by atoms with Crippen LogP contribution in [0.2, 0.25) is 0 Å². The van der Waals surface area contributed by atoms with Crippen LogP contribution in [0, 0.1) is 6.92 Å². The first-order valence-corrected chi connectivity index (χ1v) is 7.21. The van der Waals surface area contributed by atoms with Gasteiger partial charge in [0.25, 0.3) is 0 Å². The second-order valence-electron chi connectivity index (χ2n) is 3.73. The Morgan fingerprint density at radius 2 is 2.25 bits per heavy atom. The fraction of sp³-hybridized carbons (Fsp3) is 0.417. The summed E-state index contributed by atoms with van der Waals surface area (Å²) >= 11 is 3.54. The van der Waals surface area contributed by atoms with E-state index in [0.717, 1.165) is 23.8 Å². The van der Waals surface area contributed by atoms with E-state index in [1.54, 1.807) is 11.3 Å². The molecule has 0 aliphatic rings. The number of aryl methyl sites for hydroxylation is 1. The van der Waals surface area contributed by atoms with Crippen molar-refractivity contribution in [3.63, 3.8) is 0 Å². The van der Waals surface area contributed by atoms with Gasteiger partial charge in [-0.2, -0.15) is 0 Å². The van der Waals surface area contributed by atoms with Crippen LogP contribution in [0.1, 0.15) is 23.9 Å². The van der Waals surface area contributed by atoms with Gasteiger partial charge in [0.1, 0.15) is 5.01 Å². The minimum Gasteiger partial charge on any atom is -0.311 e. The highest BCUT2D eigenvalue weighted by Crippen LogP contribution is 2.30. The second-order valence-corrected chi connectivity index (χ2v) is 5.88. The summed E-state index contributed by atoms with van der Waals surface area (Å²) in [7, 11) is 0. The molecule has 0 bridgehead atoms. The van der Waals surface area contributed by atoms with Crippen LogP contribution in [0.25, 0.3) is 9.88 Å². The lowest BCUT2D eigenvalue weighted by atomic mass is 10.4. The first-order valence-electron chi connectivity index (χ1n) is 5.51. The number of thiophene rings is 1. The van der Waals surface area contributed by atoms with Gasteiger partial charge in [-0.3, -0.25) is 0 Å². The van der Waals surface area contributed by atoms with E-state index in [-0.39, 0.29) is 0 Å². The average molecular weight is 252 g/mol. The molecule has 0 amide bonds. The van der Waals surface area contributed by atoms with Crippen LogP contribution in [0.15, 0.2) is 17.5 Å². The van der Waals surface area contributed by atoms with E-state index < -0.39 is 0 Å². The van der Waals surface area contributed by atoms with Crippen molar-refractivity contribution in [1.82, 2.24) is 10.3 Å². The molecular formula is C12H16N2S2. The minimum atomic E-state index is 0.884. The summed E-state index contributed by atoms with van der Waals surface area (Å²) in [5.41, 5.74) is 1.15. The molecule has 0 fully saturated rings. The number of rotatable bonds is 5. The molecule has 0 spiro atoms. The monoisotopic (exact) mass is 252 g/mol. The summed E-state index contributed by atoms with van der Waals surface area (Å²) in [5.74, 6) is 0. The lowest BCUT2D eigenvalue weighted by molar-refractivity contribution is 0.667. The van der Waals surface area contributed by atoms with E-state index in [2.05, 4.69) is 41.7 Å². The summed E-state index contributed by atoms with van der Waals surface area (Å²) in [6.45, 7) is 6.25. The summed E-state index contributed by atoms with van der Waals surface area (Å²) in [6, 6.07) is 4.30. The molecule has 0 atom stereocenters. The summed E-state index contributed by atoms with van der Waals surface area (Å²) in [6.07, 6.45) is 1.17.